The molecule has 1 aromatic carbocycles. The predicted octanol–water partition coefficient (Wildman–Crippen LogP) is 3.02. The van der Waals surface area contributed by atoms with Gasteiger partial charge in [0, 0.05) is 52.2 Å². The van der Waals surface area contributed by atoms with Crippen molar-refractivity contribution in [2.45, 2.75) is 26.3 Å². The maximum Gasteiger partial charge on any atom is 0.0934 e. The molecule has 4 N–H and O–H groups in total. The fourth-order valence-electron chi connectivity index (χ4n) is 2.26. The summed E-state index contributed by atoms with van der Waals surface area (Å²) in [6.45, 7) is 19.1. The number of benzene rings is 1. The van der Waals surface area contributed by atoms with E-state index in [1.54, 1.807) is 0 Å². The van der Waals surface area contributed by atoms with E-state index in [0.29, 0.717) is 0 Å². The van der Waals surface area contributed by atoms with Gasteiger partial charge in [-0.15, -0.1) is 26.0 Å². The molecule has 1 fully saturated rings. The lowest BCUT2D eigenvalue weighted by Gasteiger charge is -2.19. The van der Waals surface area contributed by atoms with Crippen molar-refractivity contribution in [3.8, 4) is 12.8 Å². The smallest absolute Gasteiger partial charge is 0.0934 e. The number of nitrogens with one attached hydrogen (secondary N) is 2. The van der Waals surface area contributed by atoms with Crippen LogP contribution in [0.1, 0.15) is 25.3 Å². The molecule has 0 bridgehead atoms. The average molecular weight is 386 g/mol. The zero-order valence-corrected chi connectivity index (χ0v) is 17.6. The molecule has 0 aliphatic carbocycles. The third-order valence-electron chi connectivity index (χ3n) is 3.72. The quantitative estimate of drug-likeness (QED) is 0.212. The molecule has 5 nitrogen and oxygen atoms in total. The van der Waals surface area contributed by atoms with Crippen LogP contribution in [0.25, 0.3) is 0 Å². The summed E-state index contributed by atoms with van der Waals surface area (Å²) >= 11 is 0. The topological polar surface area (TPSA) is 65.7 Å². The van der Waals surface area contributed by atoms with Crippen molar-refractivity contribution < 1.29 is 0 Å². The summed E-state index contributed by atoms with van der Waals surface area (Å²) in [4.78, 5) is 6.49. The Kier molecular flexibility index (Phi) is 22.2. The van der Waals surface area contributed by atoms with Crippen LogP contribution in [0.4, 0.5) is 0 Å². The van der Waals surface area contributed by atoms with E-state index in [1.807, 2.05) is 19.2 Å². The Balaban J connectivity index is 0. The number of amidine groups is 1. The van der Waals surface area contributed by atoms with Gasteiger partial charge in [0.1, 0.15) is 0 Å². The normalized spacial score (nSPS) is 12.6. The summed E-state index contributed by atoms with van der Waals surface area (Å²) in [5.41, 5.74) is 6.96. The van der Waals surface area contributed by atoms with Gasteiger partial charge in [0.25, 0.3) is 0 Å². The van der Waals surface area contributed by atoms with Crippen LogP contribution in [-0.4, -0.2) is 50.0 Å². The van der Waals surface area contributed by atoms with E-state index in [-0.39, 0.29) is 0 Å². The van der Waals surface area contributed by atoms with Gasteiger partial charge in [0.15, 0.2) is 0 Å². The highest BCUT2D eigenvalue weighted by atomic mass is 15.1. The minimum absolute atomic E-state index is 0.739. The summed E-state index contributed by atoms with van der Waals surface area (Å²) in [6, 6.07) is 10.4. The van der Waals surface area contributed by atoms with Gasteiger partial charge in [0.05, 0.1) is 5.84 Å². The first kappa shape index (κ1) is 27.7. The monoisotopic (exact) mass is 385 g/mol. The summed E-state index contributed by atoms with van der Waals surface area (Å²) < 4.78 is 0. The van der Waals surface area contributed by atoms with Crippen LogP contribution in [0.5, 0.6) is 0 Å². The van der Waals surface area contributed by atoms with E-state index in [9.17, 15) is 0 Å². The lowest BCUT2D eigenvalue weighted by atomic mass is 10.2. The molecular weight excluding hydrogens is 346 g/mol. The van der Waals surface area contributed by atoms with Gasteiger partial charge in [-0.25, -0.2) is 0 Å². The van der Waals surface area contributed by atoms with Crippen LogP contribution in [-0.2, 0) is 6.54 Å². The van der Waals surface area contributed by atoms with E-state index in [2.05, 4.69) is 77.4 Å². The zero-order valence-electron chi connectivity index (χ0n) is 17.6. The largest absolute Gasteiger partial charge is 0.387 e. The maximum atomic E-state index is 5.66. The Morgan fingerprint density at radius 2 is 1.68 bits per heavy atom. The highest BCUT2D eigenvalue weighted by Gasteiger charge is 1.99. The van der Waals surface area contributed by atoms with Gasteiger partial charge >= 0.3 is 0 Å². The third-order valence-corrected chi connectivity index (χ3v) is 3.72. The van der Waals surface area contributed by atoms with Gasteiger partial charge in [-0.3, -0.25) is 4.99 Å². The lowest BCUT2D eigenvalue weighted by Crippen LogP contribution is -2.39. The van der Waals surface area contributed by atoms with Crippen molar-refractivity contribution >= 4 is 5.84 Å². The number of aliphatic imine (C=N–C) groups is 1. The Hall–Kier alpha value is -2.55. The number of nitrogens with two attached hydrogens (primary N) is 1. The van der Waals surface area contributed by atoms with E-state index >= 15 is 0 Å². The van der Waals surface area contributed by atoms with Crippen molar-refractivity contribution in [2.75, 3.05) is 39.3 Å². The van der Waals surface area contributed by atoms with Crippen LogP contribution >= 0.6 is 0 Å². The number of terminal acetylenes is 1. The minimum atomic E-state index is 0.739. The summed E-state index contributed by atoms with van der Waals surface area (Å²) in [6.07, 6.45) is 11.7. The molecule has 0 aromatic heterocycles. The Morgan fingerprint density at radius 1 is 1.14 bits per heavy atom. The molecule has 2 rings (SSSR count). The van der Waals surface area contributed by atoms with Gasteiger partial charge in [-0.2, -0.15) is 0 Å². The second kappa shape index (κ2) is 22.5. The van der Waals surface area contributed by atoms with Crippen molar-refractivity contribution in [3.63, 3.8) is 0 Å². The van der Waals surface area contributed by atoms with E-state index in [1.165, 1.54) is 5.56 Å². The average Bonchev–Trinajstić information content (AvgIpc) is 2.80. The minimum Gasteiger partial charge on any atom is -0.387 e. The maximum absolute atomic E-state index is 5.66. The lowest BCUT2D eigenvalue weighted by molar-refractivity contribution is 0.366. The molecule has 156 valence electrons. The van der Waals surface area contributed by atoms with Crippen LogP contribution in [0.15, 0.2) is 61.3 Å². The first-order chi connectivity index (χ1) is 13.8. The van der Waals surface area contributed by atoms with Crippen molar-refractivity contribution in [1.29, 1.82) is 0 Å². The molecule has 0 amide bonds. The number of rotatable bonds is 8. The highest BCUT2D eigenvalue weighted by molar-refractivity contribution is 5.79. The number of hydrogen-bond donors (Lipinski definition) is 3. The molecule has 28 heavy (non-hydrogen) atoms. The van der Waals surface area contributed by atoms with Crippen LogP contribution in [0.2, 0.25) is 0 Å². The van der Waals surface area contributed by atoms with Gasteiger partial charge in [-0.1, -0.05) is 43.8 Å². The molecule has 0 radical (unpaired) electrons. The Labute approximate surface area is 172 Å². The second-order valence-electron chi connectivity index (χ2n) is 5.72. The number of nitrogens with zero attached hydrogens (tertiary/aromatic N) is 2. The Bertz CT molecular complexity index is 495. The van der Waals surface area contributed by atoms with Crippen LogP contribution < -0.4 is 16.4 Å². The number of hydrogen-bond acceptors (Lipinski definition) is 4. The SMILES string of the molecule is C#C.C1CNCCN1.C=C.C=CN(CCCN=C(N)CC)Cc1ccccc1. The van der Waals surface area contributed by atoms with Gasteiger partial charge in [-0.05, 0) is 18.2 Å². The van der Waals surface area contributed by atoms with Gasteiger partial charge < -0.3 is 21.3 Å². The molecule has 0 spiro atoms. The molecule has 0 unspecified atom stereocenters. The van der Waals surface area contributed by atoms with E-state index in [0.717, 1.165) is 64.5 Å². The summed E-state index contributed by atoms with van der Waals surface area (Å²) in [5, 5.41) is 6.44. The molecule has 1 aromatic rings. The molecule has 1 aliphatic rings. The van der Waals surface area contributed by atoms with Crippen LogP contribution in [0, 0.1) is 12.8 Å². The fourth-order valence-corrected chi connectivity index (χ4v) is 2.26. The predicted molar refractivity (Wildman–Crippen MR) is 125 cm³/mol. The molecular formula is C23H39N5. The molecule has 1 heterocycles. The zero-order chi connectivity index (χ0) is 21.5. The van der Waals surface area contributed by atoms with Crippen LogP contribution in [0.3, 0.4) is 0 Å². The molecule has 5 heteroatoms. The summed E-state index contributed by atoms with van der Waals surface area (Å²) in [7, 11) is 0. The molecule has 1 aliphatic heterocycles. The molecule has 0 saturated carbocycles. The third kappa shape index (κ3) is 16.9. The molecule has 0 atom stereocenters. The first-order valence-corrected chi connectivity index (χ1v) is 9.70. The van der Waals surface area contributed by atoms with Gasteiger partial charge in [0.2, 0.25) is 0 Å². The Morgan fingerprint density at radius 3 is 2.11 bits per heavy atom. The van der Waals surface area contributed by atoms with E-state index < -0.39 is 0 Å². The highest BCUT2D eigenvalue weighted by Crippen LogP contribution is 2.05. The summed E-state index contributed by atoms with van der Waals surface area (Å²) in [5.74, 6) is 0.739. The standard InChI is InChI=1S/C15H23N3.C4H10N2.C2H4.C2H2/c1-3-15(16)17-11-8-12-18(4-2)13-14-9-6-5-7-10-14;1-2-6-4-3-5-1;2*1-2/h4-7,9-10H,2-3,8,11-13H2,1H3,(H2,16,17);5-6H,1-4H2;1-2H2;1-2H. The van der Waals surface area contributed by atoms with E-state index in [4.69, 9.17) is 5.73 Å². The number of piperazine rings is 1. The fraction of sp³-hybridized carbons (Fsp3) is 0.435. The van der Waals surface area contributed by atoms with Crippen molar-refractivity contribution in [3.05, 3.63) is 61.8 Å². The van der Waals surface area contributed by atoms with Crippen molar-refractivity contribution in [2.24, 2.45) is 10.7 Å². The second-order valence-corrected chi connectivity index (χ2v) is 5.72. The first-order valence-electron chi connectivity index (χ1n) is 9.70. The van der Waals surface area contributed by atoms with Crippen molar-refractivity contribution in [1.82, 2.24) is 15.5 Å². The molecule has 1 saturated heterocycles.